The highest BCUT2D eigenvalue weighted by Gasteiger charge is 2.05. The Hall–Kier alpha value is -2.23. The molecule has 0 bridgehead atoms. The molecule has 0 unspecified atom stereocenters. The van der Waals surface area contributed by atoms with Gasteiger partial charge in [-0.1, -0.05) is 18.2 Å². The van der Waals surface area contributed by atoms with Gasteiger partial charge in [0.25, 0.3) is 0 Å². The maximum atomic E-state index is 13.7. The predicted octanol–water partition coefficient (Wildman–Crippen LogP) is 3.46. The second-order valence-electron chi connectivity index (χ2n) is 4.01. The van der Waals surface area contributed by atoms with Gasteiger partial charge in [0.1, 0.15) is 17.3 Å². The summed E-state index contributed by atoms with van der Waals surface area (Å²) >= 11 is 0. The van der Waals surface area contributed by atoms with E-state index in [-0.39, 0.29) is 5.82 Å². The van der Waals surface area contributed by atoms with E-state index >= 15 is 0 Å². The Balaban J connectivity index is 2.10. The van der Waals surface area contributed by atoms with E-state index in [1.807, 2.05) is 24.3 Å². The van der Waals surface area contributed by atoms with E-state index < -0.39 is 0 Å². The van der Waals surface area contributed by atoms with E-state index in [9.17, 15) is 4.39 Å². The van der Waals surface area contributed by atoms with Gasteiger partial charge in [0.05, 0.1) is 19.9 Å². The Morgan fingerprint density at radius 3 is 2.53 bits per heavy atom. The van der Waals surface area contributed by atoms with Crippen LogP contribution < -0.4 is 14.8 Å². The second-order valence-corrected chi connectivity index (χ2v) is 4.01. The molecule has 100 valence electrons. The fourth-order valence-electron chi connectivity index (χ4n) is 1.81. The molecular weight excluding hydrogens is 245 g/mol. The number of halogens is 1. The zero-order valence-electron chi connectivity index (χ0n) is 10.9. The summed E-state index contributed by atoms with van der Waals surface area (Å²) in [6, 6.07) is 12.4. The molecule has 19 heavy (non-hydrogen) atoms. The van der Waals surface area contributed by atoms with Crippen LogP contribution in [0.15, 0.2) is 42.5 Å². The highest BCUT2D eigenvalue weighted by molar-refractivity contribution is 5.49. The first-order chi connectivity index (χ1) is 9.24. The van der Waals surface area contributed by atoms with Crippen molar-refractivity contribution in [3.05, 3.63) is 53.8 Å². The summed E-state index contributed by atoms with van der Waals surface area (Å²) in [5, 5.41) is 3.04. The average Bonchev–Trinajstić information content (AvgIpc) is 2.46. The topological polar surface area (TPSA) is 30.5 Å². The number of ether oxygens (including phenoxy) is 2. The van der Waals surface area contributed by atoms with Gasteiger partial charge < -0.3 is 14.8 Å². The van der Waals surface area contributed by atoms with Crippen molar-refractivity contribution < 1.29 is 13.9 Å². The molecule has 0 heterocycles. The second kappa shape index (κ2) is 6.09. The Morgan fingerprint density at radius 1 is 1.05 bits per heavy atom. The van der Waals surface area contributed by atoms with Crippen molar-refractivity contribution in [1.29, 1.82) is 0 Å². The molecular formula is C15H16FNO2. The standard InChI is InChI=1S/C15H16FNO2/c1-18-12-7-8-14(13(16)9-12)17-10-11-5-3-4-6-15(11)19-2/h3-9,17H,10H2,1-2H3. The molecule has 0 fully saturated rings. The number of anilines is 1. The lowest BCUT2D eigenvalue weighted by atomic mass is 10.2. The van der Waals surface area contributed by atoms with Crippen molar-refractivity contribution in [2.75, 3.05) is 19.5 Å². The Bertz CT molecular complexity index is 558. The molecule has 0 saturated carbocycles. The number of rotatable bonds is 5. The fourth-order valence-corrected chi connectivity index (χ4v) is 1.81. The molecule has 0 spiro atoms. The monoisotopic (exact) mass is 261 g/mol. The van der Waals surface area contributed by atoms with Gasteiger partial charge >= 0.3 is 0 Å². The molecule has 2 aromatic carbocycles. The van der Waals surface area contributed by atoms with Crippen LogP contribution in [0.5, 0.6) is 11.5 Å². The minimum absolute atomic E-state index is 0.339. The molecule has 0 saturated heterocycles. The maximum Gasteiger partial charge on any atom is 0.149 e. The summed E-state index contributed by atoms with van der Waals surface area (Å²) in [6.07, 6.45) is 0. The highest BCUT2D eigenvalue weighted by Crippen LogP contribution is 2.23. The zero-order valence-corrected chi connectivity index (χ0v) is 10.9. The SMILES string of the molecule is COc1ccc(NCc2ccccc2OC)c(F)c1. The summed E-state index contributed by atoms with van der Waals surface area (Å²) in [7, 11) is 3.13. The number of hydrogen-bond acceptors (Lipinski definition) is 3. The number of benzene rings is 2. The van der Waals surface area contributed by atoms with Crippen LogP contribution in [0.1, 0.15) is 5.56 Å². The largest absolute Gasteiger partial charge is 0.497 e. The molecule has 2 rings (SSSR count). The van der Waals surface area contributed by atoms with Gasteiger partial charge in [0, 0.05) is 18.2 Å². The molecule has 0 atom stereocenters. The molecule has 2 aromatic rings. The molecule has 1 N–H and O–H groups in total. The van der Waals surface area contributed by atoms with E-state index in [0.717, 1.165) is 11.3 Å². The van der Waals surface area contributed by atoms with Crippen LogP contribution in [0.2, 0.25) is 0 Å². The summed E-state index contributed by atoms with van der Waals surface area (Å²) < 4.78 is 24.0. The number of hydrogen-bond donors (Lipinski definition) is 1. The molecule has 4 heteroatoms. The Morgan fingerprint density at radius 2 is 1.84 bits per heavy atom. The zero-order chi connectivity index (χ0) is 13.7. The van der Waals surface area contributed by atoms with Gasteiger partial charge in [-0.25, -0.2) is 4.39 Å². The van der Waals surface area contributed by atoms with Crippen molar-refractivity contribution in [2.24, 2.45) is 0 Å². The first-order valence-corrected chi connectivity index (χ1v) is 5.94. The average molecular weight is 261 g/mol. The lowest BCUT2D eigenvalue weighted by molar-refractivity contribution is 0.410. The van der Waals surface area contributed by atoms with Crippen molar-refractivity contribution >= 4 is 5.69 Å². The van der Waals surface area contributed by atoms with E-state index in [0.29, 0.717) is 18.0 Å². The third-order valence-electron chi connectivity index (χ3n) is 2.84. The van der Waals surface area contributed by atoms with Crippen LogP contribution in [-0.2, 0) is 6.54 Å². The molecule has 0 radical (unpaired) electrons. The molecule has 0 aliphatic rings. The molecule has 0 aromatic heterocycles. The van der Waals surface area contributed by atoms with Crippen LogP contribution >= 0.6 is 0 Å². The predicted molar refractivity (Wildman–Crippen MR) is 73.3 cm³/mol. The first kappa shape index (κ1) is 13.2. The van der Waals surface area contributed by atoms with Gasteiger partial charge in [-0.05, 0) is 18.2 Å². The fraction of sp³-hybridized carbons (Fsp3) is 0.200. The molecule has 0 aliphatic heterocycles. The summed E-state index contributed by atoms with van der Waals surface area (Å²) in [5.74, 6) is 0.943. The number of para-hydroxylation sites is 1. The van der Waals surface area contributed by atoms with Crippen LogP contribution in [-0.4, -0.2) is 14.2 Å². The van der Waals surface area contributed by atoms with Gasteiger partial charge in [0.2, 0.25) is 0 Å². The first-order valence-electron chi connectivity index (χ1n) is 5.94. The quantitative estimate of drug-likeness (QED) is 0.894. The number of nitrogens with one attached hydrogen (secondary N) is 1. The molecule has 0 aliphatic carbocycles. The van der Waals surface area contributed by atoms with Crippen LogP contribution in [0.25, 0.3) is 0 Å². The van der Waals surface area contributed by atoms with E-state index in [2.05, 4.69) is 5.32 Å². The smallest absolute Gasteiger partial charge is 0.149 e. The van der Waals surface area contributed by atoms with Crippen LogP contribution in [0, 0.1) is 5.82 Å². The normalized spacial score (nSPS) is 10.1. The van der Waals surface area contributed by atoms with Gasteiger partial charge in [-0.2, -0.15) is 0 Å². The van der Waals surface area contributed by atoms with Gasteiger partial charge in [-0.3, -0.25) is 0 Å². The van der Waals surface area contributed by atoms with E-state index in [4.69, 9.17) is 9.47 Å². The Labute approximate surface area is 112 Å². The summed E-state index contributed by atoms with van der Waals surface area (Å²) in [6.45, 7) is 0.493. The van der Waals surface area contributed by atoms with Crippen molar-refractivity contribution in [1.82, 2.24) is 0 Å². The van der Waals surface area contributed by atoms with Crippen LogP contribution in [0.3, 0.4) is 0 Å². The molecule has 0 amide bonds. The highest BCUT2D eigenvalue weighted by atomic mass is 19.1. The Kier molecular flexibility index (Phi) is 4.23. The lowest BCUT2D eigenvalue weighted by Crippen LogP contribution is -2.03. The van der Waals surface area contributed by atoms with E-state index in [1.165, 1.54) is 13.2 Å². The van der Waals surface area contributed by atoms with Crippen molar-refractivity contribution in [3.8, 4) is 11.5 Å². The minimum Gasteiger partial charge on any atom is -0.497 e. The molecule has 3 nitrogen and oxygen atoms in total. The number of methoxy groups -OCH3 is 2. The summed E-state index contributed by atoms with van der Waals surface area (Å²) in [4.78, 5) is 0. The van der Waals surface area contributed by atoms with Crippen LogP contribution in [0.4, 0.5) is 10.1 Å². The minimum atomic E-state index is -0.339. The van der Waals surface area contributed by atoms with Gasteiger partial charge in [0.15, 0.2) is 0 Å². The maximum absolute atomic E-state index is 13.7. The lowest BCUT2D eigenvalue weighted by Gasteiger charge is -2.11. The van der Waals surface area contributed by atoms with E-state index in [1.54, 1.807) is 19.2 Å². The van der Waals surface area contributed by atoms with Crippen molar-refractivity contribution in [3.63, 3.8) is 0 Å². The third kappa shape index (κ3) is 3.16. The third-order valence-corrected chi connectivity index (χ3v) is 2.84. The van der Waals surface area contributed by atoms with Crippen molar-refractivity contribution in [2.45, 2.75) is 6.54 Å². The summed E-state index contributed by atoms with van der Waals surface area (Å²) in [5.41, 5.74) is 1.41. The van der Waals surface area contributed by atoms with Gasteiger partial charge in [-0.15, -0.1) is 0 Å².